The summed E-state index contributed by atoms with van der Waals surface area (Å²) in [5.41, 5.74) is 10.2. The van der Waals surface area contributed by atoms with Crippen molar-refractivity contribution < 1.29 is 23.5 Å². The summed E-state index contributed by atoms with van der Waals surface area (Å²) in [5, 5.41) is 11.1. The number of nitrogens with two attached hydrogens (primary N) is 1. The number of aliphatic hydroxyl groups is 1. The zero-order valence-electron chi connectivity index (χ0n) is 24.5. The van der Waals surface area contributed by atoms with Gasteiger partial charge in [0.05, 0.1) is 6.10 Å². The number of hydrogen-bond donors (Lipinski definition) is 2. The number of carbonyl (C=O) groups is 2. The Labute approximate surface area is 247 Å². The number of likely N-dealkylation sites (tertiary alicyclic amines) is 1. The van der Waals surface area contributed by atoms with E-state index in [0.717, 1.165) is 54.9 Å². The summed E-state index contributed by atoms with van der Waals surface area (Å²) in [7, 11) is 0. The highest BCUT2D eigenvalue weighted by Crippen LogP contribution is 2.20. The molecule has 0 aliphatic carbocycles. The molecule has 2 amide bonds. The van der Waals surface area contributed by atoms with Crippen LogP contribution in [-0.2, 0) is 19.4 Å². The molecule has 0 saturated carbocycles. The van der Waals surface area contributed by atoms with Crippen LogP contribution < -0.4 is 5.73 Å². The van der Waals surface area contributed by atoms with Crippen molar-refractivity contribution in [1.82, 2.24) is 9.80 Å². The molecular weight excluding hydrogens is 536 g/mol. The van der Waals surface area contributed by atoms with Gasteiger partial charge >= 0.3 is 0 Å². The summed E-state index contributed by atoms with van der Waals surface area (Å²) in [5.74, 6) is -1.86. The summed E-state index contributed by atoms with van der Waals surface area (Å²) in [6.45, 7) is 5.43. The maximum atomic E-state index is 14.0. The molecule has 1 aliphatic rings. The minimum absolute atomic E-state index is 0.0299. The van der Waals surface area contributed by atoms with Crippen molar-refractivity contribution in [2.45, 2.75) is 71.1 Å². The van der Waals surface area contributed by atoms with E-state index in [2.05, 4.69) is 6.92 Å². The first-order chi connectivity index (χ1) is 20.1. The van der Waals surface area contributed by atoms with Gasteiger partial charge in [-0.15, -0.1) is 0 Å². The first kappa shape index (κ1) is 31.3. The first-order valence-corrected chi connectivity index (χ1v) is 14.8. The van der Waals surface area contributed by atoms with E-state index in [9.17, 15) is 23.5 Å². The molecule has 0 spiro atoms. The maximum Gasteiger partial charge on any atom is 0.254 e. The molecule has 2 atom stereocenters. The standard InChI is InChI=1S/C34H41F2N3O3/c1-3-24-9-8-10-25(15-24)21-39(22-32(40)31(37)18-26-16-29(35)20-30(36)17-26)34(42)28-14-23(2)13-27(19-28)33(41)38-11-6-4-5-7-12-38/h8-10,13-17,19-20,31-32,40H,3-7,11-12,18,21-22,37H2,1-2H3/t31-,32+/m0/s1. The number of hydrogen-bond acceptors (Lipinski definition) is 4. The fraction of sp³-hybridized carbons (Fsp3) is 0.412. The molecule has 42 heavy (non-hydrogen) atoms. The maximum absolute atomic E-state index is 14.0. The smallest absolute Gasteiger partial charge is 0.254 e. The SMILES string of the molecule is CCc1cccc(CN(C[C@@H](O)[C@@H](N)Cc2cc(F)cc(F)c2)C(=O)c2cc(C)cc(C(=O)N3CCCCCC3)c2)c1. The molecule has 1 fully saturated rings. The van der Waals surface area contributed by atoms with E-state index in [1.54, 1.807) is 12.1 Å². The Morgan fingerprint density at radius 2 is 1.55 bits per heavy atom. The lowest BCUT2D eigenvalue weighted by atomic mass is 10.00. The number of rotatable bonds is 10. The van der Waals surface area contributed by atoms with Gasteiger partial charge in [0.2, 0.25) is 0 Å². The van der Waals surface area contributed by atoms with Crippen LogP contribution in [0.2, 0.25) is 0 Å². The third kappa shape index (κ3) is 8.46. The second-order valence-corrected chi connectivity index (χ2v) is 11.4. The number of nitrogens with zero attached hydrogens (tertiary/aromatic N) is 2. The van der Waals surface area contributed by atoms with Crippen LogP contribution in [0.25, 0.3) is 0 Å². The topological polar surface area (TPSA) is 86.9 Å². The highest BCUT2D eigenvalue weighted by atomic mass is 19.1. The quantitative estimate of drug-likeness (QED) is 0.337. The van der Waals surface area contributed by atoms with Crippen molar-refractivity contribution in [1.29, 1.82) is 0 Å². The Hall–Kier alpha value is -3.62. The fourth-order valence-corrected chi connectivity index (χ4v) is 5.55. The molecule has 0 radical (unpaired) electrons. The van der Waals surface area contributed by atoms with Crippen molar-refractivity contribution in [3.8, 4) is 0 Å². The Morgan fingerprint density at radius 1 is 0.905 bits per heavy atom. The van der Waals surface area contributed by atoms with Crippen LogP contribution in [-0.4, -0.2) is 58.5 Å². The van der Waals surface area contributed by atoms with Crippen LogP contribution in [0.3, 0.4) is 0 Å². The third-order valence-corrected chi connectivity index (χ3v) is 7.82. The molecule has 3 N–H and O–H groups in total. The van der Waals surface area contributed by atoms with Gasteiger partial charge in [-0.1, -0.05) is 44.0 Å². The molecule has 1 aliphatic heterocycles. The van der Waals surface area contributed by atoms with E-state index in [1.165, 1.54) is 17.0 Å². The van der Waals surface area contributed by atoms with Crippen LogP contribution in [0, 0.1) is 18.6 Å². The predicted molar refractivity (Wildman–Crippen MR) is 160 cm³/mol. The number of aliphatic hydroxyl groups excluding tert-OH is 1. The van der Waals surface area contributed by atoms with E-state index in [-0.39, 0.29) is 31.3 Å². The monoisotopic (exact) mass is 577 g/mol. The summed E-state index contributed by atoms with van der Waals surface area (Å²) in [6, 6.07) is 15.4. The largest absolute Gasteiger partial charge is 0.390 e. The molecule has 1 heterocycles. The van der Waals surface area contributed by atoms with Gasteiger partial charge in [-0.3, -0.25) is 9.59 Å². The molecule has 6 nitrogen and oxygen atoms in total. The molecule has 224 valence electrons. The molecule has 1 saturated heterocycles. The van der Waals surface area contributed by atoms with Gasteiger partial charge in [0, 0.05) is 49.4 Å². The van der Waals surface area contributed by atoms with Gasteiger partial charge in [-0.2, -0.15) is 0 Å². The van der Waals surface area contributed by atoms with Crippen LogP contribution >= 0.6 is 0 Å². The fourth-order valence-electron chi connectivity index (χ4n) is 5.55. The van der Waals surface area contributed by atoms with Crippen LogP contribution in [0.4, 0.5) is 8.78 Å². The Balaban J connectivity index is 1.59. The van der Waals surface area contributed by atoms with Crippen molar-refractivity contribution in [3.05, 3.63) is 106 Å². The lowest BCUT2D eigenvalue weighted by molar-refractivity contribution is 0.0554. The second-order valence-electron chi connectivity index (χ2n) is 11.4. The number of carbonyl (C=O) groups excluding carboxylic acids is 2. The van der Waals surface area contributed by atoms with Gasteiger partial charge in [-0.25, -0.2) is 8.78 Å². The van der Waals surface area contributed by atoms with Crippen molar-refractivity contribution in [2.24, 2.45) is 5.73 Å². The number of halogens is 2. The van der Waals surface area contributed by atoms with Gasteiger partial charge in [0.15, 0.2) is 0 Å². The Kier molecular flexibility index (Phi) is 10.8. The second kappa shape index (κ2) is 14.5. The summed E-state index contributed by atoms with van der Waals surface area (Å²) in [4.78, 5) is 30.8. The lowest BCUT2D eigenvalue weighted by Gasteiger charge is -2.29. The van der Waals surface area contributed by atoms with Crippen LogP contribution in [0.5, 0.6) is 0 Å². The number of amides is 2. The number of aryl methyl sites for hydroxylation is 2. The van der Waals surface area contributed by atoms with Crippen molar-refractivity contribution in [2.75, 3.05) is 19.6 Å². The van der Waals surface area contributed by atoms with E-state index in [1.807, 2.05) is 42.2 Å². The van der Waals surface area contributed by atoms with Gasteiger partial charge in [0.1, 0.15) is 11.6 Å². The summed E-state index contributed by atoms with van der Waals surface area (Å²) < 4.78 is 27.4. The zero-order valence-corrected chi connectivity index (χ0v) is 24.5. The zero-order chi connectivity index (χ0) is 30.2. The van der Waals surface area contributed by atoms with E-state index < -0.39 is 23.8 Å². The molecular formula is C34H41F2N3O3. The van der Waals surface area contributed by atoms with Gasteiger partial charge in [-0.05, 0) is 85.2 Å². The molecule has 4 rings (SSSR count). The average molecular weight is 578 g/mol. The molecule has 8 heteroatoms. The molecule has 3 aromatic rings. The normalized spacial score (nSPS) is 15.1. The third-order valence-electron chi connectivity index (χ3n) is 7.82. The highest BCUT2D eigenvalue weighted by molar-refractivity contribution is 6.00. The van der Waals surface area contributed by atoms with E-state index >= 15 is 0 Å². The summed E-state index contributed by atoms with van der Waals surface area (Å²) in [6.07, 6.45) is 3.84. The minimum Gasteiger partial charge on any atom is -0.390 e. The van der Waals surface area contributed by atoms with E-state index in [0.29, 0.717) is 29.8 Å². The average Bonchev–Trinajstić information content (AvgIpc) is 3.25. The Morgan fingerprint density at radius 3 is 2.21 bits per heavy atom. The molecule has 0 bridgehead atoms. The molecule has 3 aromatic carbocycles. The van der Waals surface area contributed by atoms with E-state index in [4.69, 9.17) is 5.73 Å². The van der Waals surface area contributed by atoms with Gasteiger partial charge in [0.25, 0.3) is 11.8 Å². The van der Waals surface area contributed by atoms with Crippen LogP contribution in [0.1, 0.15) is 75.6 Å². The van der Waals surface area contributed by atoms with Gasteiger partial charge < -0.3 is 20.6 Å². The Bertz CT molecular complexity index is 1370. The molecule has 0 aromatic heterocycles. The minimum atomic E-state index is -1.17. The predicted octanol–water partition coefficient (Wildman–Crippen LogP) is 5.43. The van der Waals surface area contributed by atoms with Crippen LogP contribution in [0.15, 0.2) is 60.7 Å². The first-order valence-electron chi connectivity index (χ1n) is 14.8. The van der Waals surface area contributed by atoms with Crippen molar-refractivity contribution in [3.63, 3.8) is 0 Å². The number of benzene rings is 3. The molecule has 0 unspecified atom stereocenters. The lowest BCUT2D eigenvalue weighted by Crippen LogP contribution is -2.46. The summed E-state index contributed by atoms with van der Waals surface area (Å²) >= 11 is 0. The van der Waals surface area contributed by atoms with Crippen molar-refractivity contribution >= 4 is 11.8 Å². The highest BCUT2D eigenvalue weighted by Gasteiger charge is 2.26.